The normalized spacial score (nSPS) is 11.3. The molecule has 0 bridgehead atoms. The molecule has 5 nitrogen and oxygen atoms in total. The van der Waals surface area contributed by atoms with Crippen molar-refractivity contribution in [1.29, 1.82) is 0 Å². The molecule has 6 heteroatoms. The molecular formula is C19H16FNO4. The highest BCUT2D eigenvalue weighted by atomic mass is 19.1. The van der Waals surface area contributed by atoms with Crippen molar-refractivity contribution in [1.82, 2.24) is 5.16 Å². The molecule has 0 spiro atoms. The Labute approximate surface area is 143 Å². The summed E-state index contributed by atoms with van der Waals surface area (Å²) in [6.45, 7) is 2.96. The maximum absolute atomic E-state index is 13.0. The lowest BCUT2D eigenvalue weighted by Gasteiger charge is -2.21. The number of nitrogens with zero attached hydrogens (tertiary/aromatic N) is 1. The average Bonchev–Trinajstić information content (AvgIpc) is 3.06. The first-order valence-electron chi connectivity index (χ1n) is 7.61. The Balaban J connectivity index is 1.79. The number of carbonyl (C=O) groups is 1. The molecule has 1 aromatic heterocycles. The van der Waals surface area contributed by atoms with Crippen molar-refractivity contribution >= 4 is 5.97 Å². The highest BCUT2D eigenvalue weighted by Gasteiger charge is 2.29. The summed E-state index contributed by atoms with van der Waals surface area (Å²) in [6.07, 6.45) is 0. The number of carboxylic acids is 1. The molecule has 0 aliphatic rings. The van der Waals surface area contributed by atoms with E-state index in [4.69, 9.17) is 14.4 Å². The van der Waals surface area contributed by atoms with Gasteiger partial charge < -0.3 is 14.4 Å². The summed E-state index contributed by atoms with van der Waals surface area (Å²) < 4.78 is 23.7. The molecule has 0 saturated heterocycles. The van der Waals surface area contributed by atoms with E-state index in [2.05, 4.69) is 5.16 Å². The summed E-state index contributed by atoms with van der Waals surface area (Å²) in [5.41, 5.74) is 0.815. The number of aromatic nitrogens is 1. The van der Waals surface area contributed by atoms with Crippen LogP contribution < -0.4 is 4.74 Å². The molecule has 1 heterocycles. The number of hydrogen-bond donors (Lipinski definition) is 1. The van der Waals surface area contributed by atoms with Gasteiger partial charge in [0.25, 0.3) is 0 Å². The van der Waals surface area contributed by atoms with Gasteiger partial charge in [0.1, 0.15) is 17.3 Å². The van der Waals surface area contributed by atoms with E-state index >= 15 is 0 Å². The predicted octanol–water partition coefficient (Wildman–Crippen LogP) is 4.39. The smallest absolute Gasteiger partial charge is 0.347 e. The first-order chi connectivity index (χ1) is 11.8. The molecule has 3 aromatic rings. The highest BCUT2D eigenvalue weighted by molar-refractivity contribution is 5.77. The minimum atomic E-state index is -1.31. The van der Waals surface area contributed by atoms with Crippen LogP contribution in [0.5, 0.6) is 5.75 Å². The monoisotopic (exact) mass is 341 g/mol. The topological polar surface area (TPSA) is 72.6 Å². The molecule has 0 radical (unpaired) electrons. The van der Waals surface area contributed by atoms with Gasteiger partial charge in [-0.05, 0) is 62.4 Å². The van der Waals surface area contributed by atoms with Gasteiger partial charge in [-0.2, -0.15) is 0 Å². The second-order valence-corrected chi connectivity index (χ2v) is 6.03. The lowest BCUT2D eigenvalue weighted by atomic mass is 10.1. The molecule has 2 aromatic carbocycles. The maximum Gasteiger partial charge on any atom is 0.347 e. The lowest BCUT2D eigenvalue weighted by molar-refractivity contribution is -0.152. The average molecular weight is 341 g/mol. The van der Waals surface area contributed by atoms with Crippen molar-refractivity contribution in [2.75, 3.05) is 0 Å². The third-order valence-corrected chi connectivity index (χ3v) is 3.68. The van der Waals surface area contributed by atoms with Gasteiger partial charge in [0.05, 0.1) is 0 Å². The zero-order chi connectivity index (χ0) is 18.0. The van der Waals surface area contributed by atoms with Crippen LogP contribution in [0.25, 0.3) is 22.6 Å². The zero-order valence-corrected chi connectivity index (χ0v) is 13.7. The predicted molar refractivity (Wildman–Crippen MR) is 89.7 cm³/mol. The van der Waals surface area contributed by atoms with E-state index in [9.17, 15) is 9.18 Å². The summed E-state index contributed by atoms with van der Waals surface area (Å²) in [4.78, 5) is 11.1. The molecule has 0 atom stereocenters. The van der Waals surface area contributed by atoms with E-state index in [1.54, 1.807) is 42.5 Å². The van der Waals surface area contributed by atoms with Crippen molar-refractivity contribution in [3.63, 3.8) is 0 Å². The highest BCUT2D eigenvalue weighted by Crippen LogP contribution is 2.28. The minimum absolute atomic E-state index is 0.316. The third-order valence-electron chi connectivity index (χ3n) is 3.68. The quantitative estimate of drug-likeness (QED) is 0.745. The number of benzene rings is 2. The van der Waals surface area contributed by atoms with Crippen LogP contribution in [0.4, 0.5) is 4.39 Å². The van der Waals surface area contributed by atoms with Gasteiger partial charge in [0.15, 0.2) is 11.4 Å². The Bertz CT molecular complexity index is 883. The van der Waals surface area contributed by atoms with E-state index in [1.165, 1.54) is 26.0 Å². The van der Waals surface area contributed by atoms with Gasteiger partial charge in [-0.1, -0.05) is 5.16 Å². The lowest BCUT2D eigenvalue weighted by Crippen LogP contribution is -2.37. The molecule has 25 heavy (non-hydrogen) atoms. The van der Waals surface area contributed by atoms with Gasteiger partial charge in [0.2, 0.25) is 0 Å². The fourth-order valence-electron chi connectivity index (χ4n) is 2.19. The van der Waals surface area contributed by atoms with Crippen LogP contribution in [0, 0.1) is 5.82 Å². The molecule has 0 amide bonds. The van der Waals surface area contributed by atoms with Gasteiger partial charge in [-0.25, -0.2) is 9.18 Å². The van der Waals surface area contributed by atoms with Crippen molar-refractivity contribution in [3.8, 4) is 28.3 Å². The number of rotatable bonds is 5. The number of carboxylic acid groups (broad SMARTS) is 1. The van der Waals surface area contributed by atoms with Crippen molar-refractivity contribution in [3.05, 3.63) is 60.4 Å². The van der Waals surface area contributed by atoms with Crippen molar-refractivity contribution in [2.24, 2.45) is 0 Å². The molecule has 1 N–H and O–H groups in total. The second-order valence-electron chi connectivity index (χ2n) is 6.03. The van der Waals surface area contributed by atoms with Crippen LogP contribution in [0.2, 0.25) is 0 Å². The largest absolute Gasteiger partial charge is 0.478 e. The second kappa shape index (κ2) is 6.39. The molecule has 128 valence electrons. The van der Waals surface area contributed by atoms with E-state index in [1.807, 2.05) is 0 Å². The van der Waals surface area contributed by atoms with E-state index in [0.29, 0.717) is 17.2 Å². The van der Waals surface area contributed by atoms with Crippen LogP contribution in [0.1, 0.15) is 13.8 Å². The molecule has 3 rings (SSSR count). The molecule has 0 saturated carbocycles. The standard InChI is InChI=1S/C19H16FNO4/c1-19(2,18(22)23)24-15-9-5-12(6-10-15)16-11-17(25-21-16)13-3-7-14(20)8-4-13/h3-11H,1-2H3,(H,22,23). The third kappa shape index (κ3) is 3.68. The van der Waals surface area contributed by atoms with Crippen molar-refractivity contribution < 1.29 is 23.6 Å². The summed E-state index contributed by atoms with van der Waals surface area (Å²) in [5, 5.41) is 13.1. The summed E-state index contributed by atoms with van der Waals surface area (Å²) in [7, 11) is 0. The Morgan fingerprint density at radius 3 is 2.28 bits per heavy atom. The van der Waals surface area contributed by atoms with Crippen molar-refractivity contribution in [2.45, 2.75) is 19.4 Å². The number of hydrogen-bond acceptors (Lipinski definition) is 4. The SMILES string of the molecule is CC(C)(Oc1ccc(-c2cc(-c3ccc(F)cc3)on2)cc1)C(=O)O. The Kier molecular flexibility index (Phi) is 4.27. The minimum Gasteiger partial charge on any atom is -0.478 e. The van der Waals surface area contributed by atoms with Crippen LogP contribution in [0.15, 0.2) is 59.1 Å². The molecule has 0 aliphatic heterocycles. The first-order valence-corrected chi connectivity index (χ1v) is 7.61. The van der Waals surface area contributed by atoms with Crippen LogP contribution >= 0.6 is 0 Å². The van der Waals surface area contributed by atoms with Gasteiger partial charge in [-0.3, -0.25) is 0 Å². The van der Waals surface area contributed by atoms with Crippen LogP contribution in [0.3, 0.4) is 0 Å². The molecule has 0 unspecified atom stereocenters. The number of halogens is 1. The summed E-state index contributed by atoms with van der Waals surface area (Å²) in [6, 6.07) is 14.6. The van der Waals surface area contributed by atoms with Crippen LogP contribution in [-0.4, -0.2) is 21.8 Å². The molecule has 0 aliphatic carbocycles. The summed E-state index contributed by atoms with van der Waals surface area (Å²) in [5.74, 6) is -0.388. The maximum atomic E-state index is 13.0. The molecule has 0 fully saturated rings. The fraction of sp³-hybridized carbons (Fsp3) is 0.158. The summed E-state index contributed by atoms with van der Waals surface area (Å²) >= 11 is 0. The van der Waals surface area contributed by atoms with Crippen LogP contribution in [-0.2, 0) is 4.79 Å². The first kappa shape index (κ1) is 16.7. The Hall–Kier alpha value is -3.15. The number of ether oxygens (including phenoxy) is 1. The zero-order valence-electron chi connectivity index (χ0n) is 13.7. The van der Waals surface area contributed by atoms with E-state index in [0.717, 1.165) is 11.1 Å². The van der Waals surface area contributed by atoms with E-state index < -0.39 is 11.6 Å². The fourth-order valence-corrected chi connectivity index (χ4v) is 2.19. The Morgan fingerprint density at radius 1 is 1.08 bits per heavy atom. The van der Waals surface area contributed by atoms with Gasteiger partial charge >= 0.3 is 5.97 Å². The van der Waals surface area contributed by atoms with Gasteiger partial charge in [0, 0.05) is 17.2 Å². The van der Waals surface area contributed by atoms with E-state index in [-0.39, 0.29) is 5.82 Å². The Morgan fingerprint density at radius 2 is 1.68 bits per heavy atom. The van der Waals surface area contributed by atoms with Gasteiger partial charge in [-0.15, -0.1) is 0 Å². The molecular weight excluding hydrogens is 325 g/mol. The number of aliphatic carboxylic acids is 1.